The Bertz CT molecular complexity index is 1810. The molecule has 278 valence electrons. The fourth-order valence-electron chi connectivity index (χ4n) is 5.45. The molecule has 1 aliphatic rings. The van der Waals surface area contributed by atoms with Crippen molar-refractivity contribution in [1.82, 2.24) is 10.3 Å². The minimum absolute atomic E-state index is 0.0900. The van der Waals surface area contributed by atoms with Crippen LogP contribution in [0.2, 0.25) is 0 Å². The van der Waals surface area contributed by atoms with Crippen molar-refractivity contribution in [3.8, 4) is 23.0 Å². The number of hydrogen-bond donors (Lipinski definition) is 10. The highest BCUT2D eigenvalue weighted by atomic mass is 16.4. The van der Waals surface area contributed by atoms with Gasteiger partial charge in [-0.25, -0.2) is 5.43 Å². The number of nitrogens with one attached hydrogen (secondary N) is 1. The lowest BCUT2D eigenvalue weighted by molar-refractivity contribution is -0.144. The zero-order valence-electron chi connectivity index (χ0n) is 29.4. The summed E-state index contributed by atoms with van der Waals surface area (Å²) >= 11 is 0. The summed E-state index contributed by atoms with van der Waals surface area (Å²) in [5.41, 5.74) is 14.0. The first kappa shape index (κ1) is 41.0. The Morgan fingerprint density at radius 1 is 0.827 bits per heavy atom. The number of carbonyl (C=O) groups is 2. The number of aliphatic hydroxyl groups excluding tert-OH is 1. The van der Waals surface area contributed by atoms with Crippen molar-refractivity contribution in [2.45, 2.75) is 50.3 Å². The number of aryl methyl sites for hydroxylation is 2. The predicted octanol–water partition coefficient (Wildman–Crippen LogP) is 3.66. The maximum Gasteiger partial charge on any atom is 0.325 e. The van der Waals surface area contributed by atoms with Crippen molar-refractivity contribution >= 4 is 17.5 Å². The third-order valence-electron chi connectivity index (χ3n) is 8.56. The van der Waals surface area contributed by atoms with Gasteiger partial charge < -0.3 is 46.4 Å². The predicted molar refractivity (Wildman–Crippen MR) is 198 cm³/mol. The molecule has 3 atom stereocenters. The topological polar surface area (TPSA) is 243 Å². The van der Waals surface area contributed by atoms with Gasteiger partial charge in [-0.15, -0.1) is 0 Å². The van der Waals surface area contributed by atoms with Gasteiger partial charge in [0.25, 0.3) is 0 Å². The number of carboxylic acid groups (broad SMARTS) is 2. The first-order valence-corrected chi connectivity index (χ1v) is 16.5. The van der Waals surface area contributed by atoms with Crippen LogP contribution in [0.5, 0.6) is 23.0 Å². The fraction of sp³-hybridized carbons (Fsp3) is 0.282. The van der Waals surface area contributed by atoms with E-state index in [2.05, 4.69) is 79.0 Å². The van der Waals surface area contributed by atoms with Crippen LogP contribution >= 0.6 is 0 Å². The summed E-state index contributed by atoms with van der Waals surface area (Å²) in [6.45, 7) is 2.52. The Morgan fingerprint density at radius 3 is 1.81 bits per heavy atom. The monoisotopic (exact) mass is 716 g/mol. The second-order valence-corrected chi connectivity index (χ2v) is 12.9. The number of hydrogen-bond acceptors (Lipinski definition) is 11. The molecule has 4 aromatic rings. The second kappa shape index (κ2) is 18.7. The number of phenols is 4. The van der Waals surface area contributed by atoms with Gasteiger partial charge >= 0.3 is 11.9 Å². The molecular formula is C39H48N4O9. The largest absolute Gasteiger partial charge is 0.504 e. The van der Waals surface area contributed by atoms with Crippen molar-refractivity contribution in [3.63, 3.8) is 0 Å². The Labute approximate surface area is 302 Å². The molecular weight excluding hydrogens is 668 g/mol. The van der Waals surface area contributed by atoms with Gasteiger partial charge in [-0.05, 0) is 104 Å². The van der Waals surface area contributed by atoms with E-state index in [-0.39, 0.29) is 29.2 Å². The summed E-state index contributed by atoms with van der Waals surface area (Å²) in [4.78, 5) is 23.7. The summed E-state index contributed by atoms with van der Waals surface area (Å²) < 4.78 is 0. The standard InChI is InChI=1S/C20H23N.C10H14N2O4.C9H11NO5/c1-21(2)15-7-12-20-18-10-5-3-8-16(18)13-14-17-9-4-6-11-19(17)20;1-10(12-11,9(15)16)5-6-2-3-7(13)8(14)4-6;10-7(9(14)15)8(13)4-1-2-5(11)6(12)3-4/h3-6,8-12H,7,13-15H2,1-2H3;2-4,12-14H,5,11H2,1H3,(H,15,16);1-3,7-8,11-13H,10H2,(H,14,15)/t;10-;7-,8-/m.00/s1. The Kier molecular flexibility index (Phi) is 14.7. The molecule has 12 N–H and O–H groups in total. The maximum absolute atomic E-state index is 11.0. The van der Waals surface area contributed by atoms with E-state index in [9.17, 15) is 19.8 Å². The van der Waals surface area contributed by atoms with Gasteiger partial charge in [0.15, 0.2) is 23.0 Å². The van der Waals surface area contributed by atoms with Crippen LogP contribution in [0.1, 0.15) is 52.8 Å². The Morgan fingerprint density at radius 2 is 1.35 bits per heavy atom. The molecule has 13 nitrogen and oxygen atoms in total. The van der Waals surface area contributed by atoms with E-state index < -0.39 is 35.4 Å². The molecule has 13 heteroatoms. The molecule has 0 fully saturated rings. The van der Waals surface area contributed by atoms with Gasteiger partial charge in [0.1, 0.15) is 17.7 Å². The van der Waals surface area contributed by atoms with Crippen LogP contribution in [-0.2, 0) is 28.9 Å². The van der Waals surface area contributed by atoms with Gasteiger partial charge in [0.2, 0.25) is 0 Å². The third kappa shape index (κ3) is 11.0. The van der Waals surface area contributed by atoms with Crippen LogP contribution in [0.3, 0.4) is 0 Å². The number of nitrogens with two attached hydrogens (primary N) is 2. The lowest BCUT2D eigenvalue weighted by atomic mass is 9.93. The number of rotatable bonds is 10. The average molecular weight is 717 g/mol. The third-order valence-corrected chi connectivity index (χ3v) is 8.56. The van der Waals surface area contributed by atoms with Crippen LogP contribution < -0.4 is 17.0 Å². The lowest BCUT2D eigenvalue weighted by Gasteiger charge is -2.23. The first-order chi connectivity index (χ1) is 24.6. The van der Waals surface area contributed by atoms with E-state index in [1.165, 1.54) is 59.0 Å². The van der Waals surface area contributed by atoms with E-state index in [4.69, 9.17) is 37.1 Å². The lowest BCUT2D eigenvalue weighted by Crippen LogP contribution is -2.54. The smallest absolute Gasteiger partial charge is 0.325 e. The molecule has 0 spiro atoms. The van der Waals surface area contributed by atoms with E-state index in [0.717, 1.165) is 37.9 Å². The van der Waals surface area contributed by atoms with Crippen LogP contribution in [0, 0.1) is 0 Å². The van der Waals surface area contributed by atoms with E-state index in [1.807, 2.05) is 0 Å². The van der Waals surface area contributed by atoms with Crippen LogP contribution in [-0.4, -0.2) is 84.8 Å². The van der Waals surface area contributed by atoms with E-state index in [0.29, 0.717) is 5.56 Å². The van der Waals surface area contributed by atoms with Crippen LogP contribution in [0.25, 0.3) is 5.57 Å². The van der Waals surface area contributed by atoms with Gasteiger partial charge in [0.05, 0.1) is 0 Å². The number of carboxylic acids is 2. The number of aromatic hydroxyl groups is 4. The van der Waals surface area contributed by atoms with Crippen LogP contribution in [0.4, 0.5) is 0 Å². The molecule has 0 amide bonds. The van der Waals surface area contributed by atoms with Crippen molar-refractivity contribution in [2.24, 2.45) is 11.6 Å². The summed E-state index contributed by atoms with van der Waals surface area (Å²) in [6, 6.07) is 23.9. The van der Waals surface area contributed by atoms with E-state index in [1.54, 1.807) is 0 Å². The summed E-state index contributed by atoms with van der Waals surface area (Å²) in [6.07, 6.45) is 4.44. The number of hydrazine groups is 1. The summed E-state index contributed by atoms with van der Waals surface area (Å²) in [7, 11) is 4.26. The minimum atomic E-state index is -1.48. The summed E-state index contributed by atoms with van der Waals surface area (Å²) in [5, 5.41) is 63.5. The number of fused-ring (bicyclic) bond motifs is 2. The van der Waals surface area contributed by atoms with Gasteiger partial charge in [-0.2, -0.15) is 0 Å². The minimum Gasteiger partial charge on any atom is -0.504 e. The highest BCUT2D eigenvalue weighted by molar-refractivity contribution is 5.84. The molecule has 0 saturated carbocycles. The summed E-state index contributed by atoms with van der Waals surface area (Å²) in [5.74, 6) is 1.40. The average Bonchev–Trinajstić information content (AvgIpc) is 3.27. The number of phenolic OH excluding ortho intramolecular Hbond substituents is 4. The zero-order valence-corrected chi connectivity index (χ0v) is 29.4. The number of nitrogens with zero attached hydrogens (tertiary/aromatic N) is 1. The van der Waals surface area contributed by atoms with Crippen molar-refractivity contribution in [1.29, 1.82) is 0 Å². The first-order valence-electron chi connectivity index (χ1n) is 16.5. The Hall–Kier alpha value is -5.44. The maximum atomic E-state index is 11.0. The quantitative estimate of drug-likeness (QED) is 0.0641. The normalized spacial score (nSPS) is 14.1. The number of aliphatic carboxylic acids is 2. The molecule has 52 heavy (non-hydrogen) atoms. The highest BCUT2D eigenvalue weighted by Crippen LogP contribution is 2.34. The van der Waals surface area contributed by atoms with Crippen molar-refractivity contribution < 1.29 is 45.3 Å². The molecule has 0 heterocycles. The molecule has 4 aromatic carbocycles. The van der Waals surface area contributed by atoms with Crippen LogP contribution in [0.15, 0.2) is 91.0 Å². The molecule has 0 aromatic heterocycles. The van der Waals surface area contributed by atoms with Gasteiger partial charge in [0, 0.05) is 13.0 Å². The molecule has 0 aliphatic heterocycles. The molecule has 1 aliphatic carbocycles. The number of benzene rings is 4. The second-order valence-electron chi connectivity index (χ2n) is 12.9. The van der Waals surface area contributed by atoms with E-state index >= 15 is 0 Å². The van der Waals surface area contributed by atoms with Crippen molar-refractivity contribution in [3.05, 3.63) is 124 Å². The van der Waals surface area contributed by atoms with Gasteiger partial charge in [-0.1, -0.05) is 66.7 Å². The molecule has 0 unspecified atom stereocenters. The molecule has 0 bridgehead atoms. The van der Waals surface area contributed by atoms with Gasteiger partial charge in [-0.3, -0.25) is 15.4 Å². The fourth-order valence-corrected chi connectivity index (χ4v) is 5.45. The molecule has 0 radical (unpaired) electrons. The number of aliphatic hydroxyl groups is 1. The SMILES string of the molecule is CN(C)CCC=C1c2ccccc2CCc2ccccc21.C[C@@](Cc1ccc(O)c(O)c1)(NN)C(=O)O.N[C@H](C(=O)O)[C@@H](O)c1ccc(O)c(O)c1. The molecule has 5 rings (SSSR count). The highest BCUT2D eigenvalue weighted by Gasteiger charge is 2.32. The zero-order chi connectivity index (χ0) is 38.6. The Balaban J connectivity index is 0.000000215. The van der Waals surface area contributed by atoms with Crippen molar-refractivity contribution in [2.75, 3.05) is 20.6 Å². The molecule has 0 saturated heterocycles.